The summed E-state index contributed by atoms with van der Waals surface area (Å²) in [4.78, 5) is 15.9. The largest absolute Gasteiger partial charge is 0.383 e. The predicted octanol–water partition coefficient (Wildman–Crippen LogP) is 5.40. The Morgan fingerprint density at radius 2 is 1.90 bits per heavy atom. The molecule has 0 aliphatic carbocycles. The minimum atomic E-state index is -0.0706. The van der Waals surface area contributed by atoms with Crippen molar-refractivity contribution in [3.63, 3.8) is 0 Å². The van der Waals surface area contributed by atoms with Gasteiger partial charge in [0.05, 0.1) is 6.61 Å². The number of rotatable bonds is 7. The summed E-state index contributed by atoms with van der Waals surface area (Å²) >= 11 is 6.25. The molecule has 0 saturated carbocycles. The highest BCUT2D eigenvalue weighted by Gasteiger charge is 2.22. The molecule has 0 aliphatic rings. The summed E-state index contributed by atoms with van der Waals surface area (Å²) in [6, 6.07) is 14.4. The van der Waals surface area contributed by atoms with Crippen molar-refractivity contribution in [1.82, 2.24) is 10.3 Å². The van der Waals surface area contributed by atoms with Crippen LogP contribution < -0.4 is 5.32 Å². The summed E-state index contributed by atoms with van der Waals surface area (Å²) in [5, 5.41) is 4.67. The zero-order valence-corrected chi connectivity index (χ0v) is 18.3. The highest BCUT2D eigenvalue weighted by atomic mass is 35.5. The molecule has 29 heavy (non-hydrogen) atoms. The van der Waals surface area contributed by atoms with Crippen molar-refractivity contribution in [2.75, 3.05) is 20.3 Å². The van der Waals surface area contributed by atoms with Crippen LogP contribution in [0.4, 0.5) is 0 Å². The molecule has 0 aliphatic heterocycles. The zero-order chi connectivity index (χ0) is 21.0. The maximum absolute atomic E-state index is 12.6. The lowest BCUT2D eigenvalue weighted by atomic mass is 9.83. The smallest absolute Gasteiger partial charge is 0.221 e. The number of benzene rings is 2. The van der Waals surface area contributed by atoms with Crippen molar-refractivity contribution in [3.05, 3.63) is 70.4 Å². The van der Waals surface area contributed by atoms with Crippen molar-refractivity contribution >= 4 is 28.4 Å². The first-order valence-electron chi connectivity index (χ1n) is 9.92. The molecule has 0 spiro atoms. The molecule has 5 heteroatoms. The van der Waals surface area contributed by atoms with Crippen LogP contribution in [-0.4, -0.2) is 31.2 Å². The molecule has 1 amide bonds. The van der Waals surface area contributed by atoms with Gasteiger partial charge < -0.3 is 15.0 Å². The summed E-state index contributed by atoms with van der Waals surface area (Å²) in [7, 11) is 1.63. The molecule has 4 nitrogen and oxygen atoms in total. The van der Waals surface area contributed by atoms with Gasteiger partial charge in [-0.15, -0.1) is 0 Å². The fourth-order valence-corrected chi connectivity index (χ4v) is 3.75. The van der Waals surface area contributed by atoms with Crippen molar-refractivity contribution in [2.45, 2.75) is 38.5 Å². The van der Waals surface area contributed by atoms with E-state index >= 15 is 0 Å². The summed E-state index contributed by atoms with van der Waals surface area (Å²) in [5.74, 6) is -0.0675. The van der Waals surface area contributed by atoms with Crippen LogP contribution in [0.2, 0.25) is 5.02 Å². The van der Waals surface area contributed by atoms with E-state index in [2.05, 4.69) is 55.3 Å². The number of carbonyl (C=O) groups is 1. The summed E-state index contributed by atoms with van der Waals surface area (Å²) in [5.41, 5.74) is 4.56. The molecule has 1 heterocycles. The van der Waals surface area contributed by atoms with Gasteiger partial charge in [0.25, 0.3) is 0 Å². The van der Waals surface area contributed by atoms with Crippen LogP contribution in [0, 0.1) is 0 Å². The minimum absolute atomic E-state index is 0.00308. The molecular weight excluding hydrogens is 384 g/mol. The van der Waals surface area contributed by atoms with E-state index in [1.54, 1.807) is 7.11 Å². The highest BCUT2D eigenvalue weighted by molar-refractivity contribution is 6.31. The molecule has 0 saturated heterocycles. The number of aromatic amines is 1. The molecule has 2 aromatic carbocycles. The molecule has 1 unspecified atom stereocenters. The molecule has 3 rings (SSSR count). The van der Waals surface area contributed by atoms with Gasteiger partial charge in [-0.05, 0) is 40.3 Å². The van der Waals surface area contributed by atoms with Gasteiger partial charge in [0.2, 0.25) is 5.91 Å². The number of halogens is 1. The number of H-pyrrole nitrogens is 1. The van der Waals surface area contributed by atoms with E-state index in [1.165, 1.54) is 5.56 Å². The van der Waals surface area contributed by atoms with Crippen LogP contribution in [0.1, 0.15) is 49.8 Å². The number of aromatic nitrogens is 1. The molecule has 1 atom stereocenters. The molecule has 0 fully saturated rings. The number of hydrogen-bond acceptors (Lipinski definition) is 2. The average molecular weight is 413 g/mol. The summed E-state index contributed by atoms with van der Waals surface area (Å²) < 4.78 is 5.04. The Bertz CT molecular complexity index is 971. The Morgan fingerprint density at radius 3 is 2.55 bits per heavy atom. The van der Waals surface area contributed by atoms with E-state index in [4.69, 9.17) is 16.3 Å². The second kappa shape index (κ2) is 9.02. The molecule has 3 aromatic rings. The van der Waals surface area contributed by atoms with Crippen molar-refractivity contribution in [1.29, 1.82) is 0 Å². The van der Waals surface area contributed by atoms with Crippen LogP contribution in [0.5, 0.6) is 0 Å². The topological polar surface area (TPSA) is 54.1 Å². The van der Waals surface area contributed by atoms with E-state index in [-0.39, 0.29) is 17.2 Å². The Morgan fingerprint density at radius 1 is 1.17 bits per heavy atom. The quantitative estimate of drug-likeness (QED) is 0.510. The van der Waals surface area contributed by atoms with Crippen LogP contribution in [0.3, 0.4) is 0 Å². The third kappa shape index (κ3) is 5.20. The van der Waals surface area contributed by atoms with Crippen LogP contribution >= 0.6 is 11.6 Å². The first-order valence-corrected chi connectivity index (χ1v) is 10.3. The molecular formula is C24H29ClN2O2. The predicted molar refractivity (Wildman–Crippen MR) is 120 cm³/mol. The minimum Gasteiger partial charge on any atom is -0.383 e. The van der Waals surface area contributed by atoms with E-state index in [1.807, 2.05) is 24.4 Å². The van der Waals surface area contributed by atoms with Gasteiger partial charge in [-0.3, -0.25) is 4.79 Å². The Kier molecular flexibility index (Phi) is 6.66. The lowest BCUT2D eigenvalue weighted by molar-refractivity contribution is -0.121. The molecule has 0 radical (unpaired) electrons. The molecule has 1 aromatic heterocycles. The van der Waals surface area contributed by atoms with Gasteiger partial charge in [-0.2, -0.15) is 0 Å². The standard InChI is InChI=1S/C24H29ClN2O2/c1-24(2,3)17-7-5-16(6-8-17)19(14-23(28)26-11-12-29-4)21-15-27-22-10-9-18(25)13-20(21)22/h5-10,13,15,19,27H,11-12,14H2,1-4H3,(H,26,28). The van der Waals surface area contributed by atoms with Crippen LogP contribution in [0.25, 0.3) is 10.9 Å². The number of amides is 1. The van der Waals surface area contributed by atoms with Crippen LogP contribution in [0.15, 0.2) is 48.7 Å². The second-order valence-corrected chi connectivity index (χ2v) is 8.84. The SMILES string of the molecule is COCCNC(=O)CC(c1ccc(C(C)(C)C)cc1)c1c[nH]c2ccc(Cl)cc12. The van der Waals surface area contributed by atoms with E-state index in [9.17, 15) is 4.79 Å². The monoisotopic (exact) mass is 412 g/mol. The molecule has 2 N–H and O–H groups in total. The number of nitrogens with one attached hydrogen (secondary N) is 2. The fourth-order valence-electron chi connectivity index (χ4n) is 3.58. The third-order valence-electron chi connectivity index (χ3n) is 5.25. The number of hydrogen-bond donors (Lipinski definition) is 2. The van der Waals surface area contributed by atoms with Gasteiger partial charge in [0, 0.05) is 48.1 Å². The number of ether oxygens (including phenoxy) is 1. The fraction of sp³-hybridized carbons (Fsp3) is 0.375. The van der Waals surface area contributed by atoms with Crippen molar-refractivity contribution in [3.8, 4) is 0 Å². The Labute approximate surface area is 177 Å². The summed E-state index contributed by atoms with van der Waals surface area (Å²) in [6.45, 7) is 7.60. The van der Waals surface area contributed by atoms with Crippen molar-refractivity contribution < 1.29 is 9.53 Å². The van der Waals surface area contributed by atoms with E-state index < -0.39 is 0 Å². The van der Waals surface area contributed by atoms with Gasteiger partial charge in [-0.1, -0.05) is 56.6 Å². The first kappa shape index (κ1) is 21.4. The summed E-state index contributed by atoms with van der Waals surface area (Å²) in [6.07, 6.45) is 2.35. The van der Waals surface area contributed by atoms with Crippen LogP contribution in [-0.2, 0) is 14.9 Å². The maximum Gasteiger partial charge on any atom is 0.221 e. The second-order valence-electron chi connectivity index (χ2n) is 8.41. The van der Waals surface area contributed by atoms with Crippen molar-refractivity contribution in [2.24, 2.45) is 0 Å². The van der Waals surface area contributed by atoms with Gasteiger partial charge in [0.1, 0.15) is 0 Å². The molecule has 0 bridgehead atoms. The lowest BCUT2D eigenvalue weighted by Gasteiger charge is -2.22. The Hall–Kier alpha value is -2.30. The number of methoxy groups -OCH3 is 1. The van der Waals surface area contributed by atoms with Gasteiger partial charge in [0.15, 0.2) is 0 Å². The van der Waals surface area contributed by atoms with Gasteiger partial charge in [-0.25, -0.2) is 0 Å². The zero-order valence-electron chi connectivity index (χ0n) is 17.5. The Balaban J connectivity index is 1.97. The number of fused-ring (bicyclic) bond motifs is 1. The number of carbonyl (C=O) groups excluding carboxylic acids is 1. The van der Waals surface area contributed by atoms with E-state index in [0.717, 1.165) is 22.0 Å². The third-order valence-corrected chi connectivity index (χ3v) is 5.48. The lowest BCUT2D eigenvalue weighted by Crippen LogP contribution is -2.28. The maximum atomic E-state index is 12.6. The highest BCUT2D eigenvalue weighted by Crippen LogP contribution is 2.35. The van der Waals surface area contributed by atoms with Gasteiger partial charge >= 0.3 is 0 Å². The van der Waals surface area contributed by atoms with E-state index in [0.29, 0.717) is 24.6 Å². The molecule has 154 valence electrons. The first-order chi connectivity index (χ1) is 13.8. The normalized spacial score (nSPS) is 12.9. The average Bonchev–Trinajstić information content (AvgIpc) is 3.08.